The molecule has 0 aromatic heterocycles. The lowest BCUT2D eigenvalue weighted by atomic mass is 10.1. The Balaban J connectivity index is 1.67. The van der Waals surface area contributed by atoms with Crippen LogP contribution in [-0.2, 0) is 4.79 Å². The molecule has 0 aliphatic carbocycles. The molecule has 1 aromatic rings. The standard InChI is InChI=1S/C17H23N5O4/c1-10-5-4-6-12(7-10)26-9-11(23)8-22-13-14(19-16(22)18)20(2)17(25)21(3)15(13)24/h4-7,11,13-14,23H,8-9H2,1-3H3,(H2,18,19)/p+1/t11-,13+,14-/m0/s1. The monoisotopic (exact) mass is 362 g/mol. The Hall–Kier alpha value is -2.81. The average Bonchev–Trinajstić information content (AvgIpc) is 2.93. The third kappa shape index (κ3) is 3.17. The average molecular weight is 362 g/mol. The Labute approximate surface area is 151 Å². The molecular formula is C17H24N5O4+. The predicted octanol–water partition coefficient (Wildman–Crippen LogP) is -1.12. The minimum Gasteiger partial charge on any atom is -0.491 e. The van der Waals surface area contributed by atoms with Gasteiger partial charge in [-0.25, -0.2) is 9.37 Å². The fraction of sp³-hybridized carbons (Fsp3) is 0.471. The lowest BCUT2D eigenvalue weighted by Gasteiger charge is -2.36. The maximum Gasteiger partial charge on any atom is 0.346 e. The molecule has 3 amide bonds. The van der Waals surface area contributed by atoms with Gasteiger partial charge in [-0.15, -0.1) is 0 Å². The third-order valence-corrected chi connectivity index (χ3v) is 4.67. The third-order valence-electron chi connectivity index (χ3n) is 4.67. The number of likely N-dealkylation sites (N-methyl/N-ethyl adjacent to an activating group) is 2. The van der Waals surface area contributed by atoms with Gasteiger partial charge in [-0.05, 0) is 24.6 Å². The number of hydrogen-bond donors (Lipinski definition) is 3. The van der Waals surface area contributed by atoms with Gasteiger partial charge >= 0.3 is 12.0 Å². The van der Waals surface area contributed by atoms with Crippen LogP contribution in [0.1, 0.15) is 5.56 Å². The number of fused-ring (bicyclic) bond motifs is 1. The number of carbonyl (C=O) groups is 2. The molecule has 2 aliphatic heterocycles. The summed E-state index contributed by atoms with van der Waals surface area (Å²) in [6, 6.07) is 6.44. The van der Waals surface area contributed by atoms with E-state index >= 15 is 0 Å². The van der Waals surface area contributed by atoms with E-state index in [9.17, 15) is 14.7 Å². The molecular weight excluding hydrogens is 338 g/mol. The molecule has 0 spiro atoms. The van der Waals surface area contributed by atoms with Gasteiger partial charge in [0.1, 0.15) is 18.5 Å². The molecule has 0 unspecified atom stereocenters. The van der Waals surface area contributed by atoms with Gasteiger partial charge in [0.2, 0.25) is 6.04 Å². The molecule has 2 heterocycles. The summed E-state index contributed by atoms with van der Waals surface area (Å²) >= 11 is 0. The molecule has 2 aliphatic rings. The smallest absolute Gasteiger partial charge is 0.346 e. The summed E-state index contributed by atoms with van der Waals surface area (Å²) < 4.78 is 7.19. The van der Waals surface area contributed by atoms with Crippen molar-refractivity contribution in [3.8, 4) is 5.75 Å². The lowest BCUT2D eigenvalue weighted by molar-refractivity contribution is -0.559. The molecule has 0 bridgehead atoms. The van der Waals surface area contributed by atoms with Gasteiger partial charge in [0.05, 0.1) is 6.54 Å². The number of hydrogen-bond acceptors (Lipinski definition) is 6. The van der Waals surface area contributed by atoms with Crippen LogP contribution in [0.3, 0.4) is 0 Å². The summed E-state index contributed by atoms with van der Waals surface area (Å²) in [7, 11) is 3.03. The van der Waals surface area contributed by atoms with Crippen LogP contribution in [0.15, 0.2) is 24.3 Å². The maximum atomic E-state index is 12.5. The van der Waals surface area contributed by atoms with Crippen molar-refractivity contribution in [2.75, 3.05) is 27.2 Å². The van der Waals surface area contributed by atoms with Crippen molar-refractivity contribution in [2.45, 2.75) is 25.2 Å². The van der Waals surface area contributed by atoms with Gasteiger partial charge in [-0.1, -0.05) is 12.1 Å². The molecule has 0 radical (unpaired) electrons. The quantitative estimate of drug-likeness (QED) is 0.573. The van der Waals surface area contributed by atoms with E-state index in [1.165, 1.54) is 11.9 Å². The van der Waals surface area contributed by atoms with Crippen LogP contribution in [0.4, 0.5) is 4.79 Å². The Kier molecular flexibility index (Phi) is 4.73. The van der Waals surface area contributed by atoms with Crippen molar-refractivity contribution in [3.05, 3.63) is 29.8 Å². The number of aryl methyl sites for hydroxylation is 1. The van der Waals surface area contributed by atoms with Gasteiger partial charge < -0.3 is 9.84 Å². The van der Waals surface area contributed by atoms with Crippen molar-refractivity contribution in [2.24, 2.45) is 5.73 Å². The molecule has 26 heavy (non-hydrogen) atoms. The zero-order valence-corrected chi connectivity index (χ0v) is 15.0. The van der Waals surface area contributed by atoms with E-state index in [1.54, 1.807) is 11.6 Å². The zero-order valence-electron chi connectivity index (χ0n) is 15.0. The number of ether oxygens (including phenoxy) is 1. The predicted molar refractivity (Wildman–Crippen MR) is 93.6 cm³/mol. The minimum atomic E-state index is -0.865. The topological polar surface area (TPSA) is 111 Å². The Morgan fingerprint density at radius 3 is 2.81 bits per heavy atom. The number of amides is 3. The van der Waals surface area contributed by atoms with E-state index in [0.717, 1.165) is 10.5 Å². The summed E-state index contributed by atoms with van der Waals surface area (Å²) in [6.45, 7) is 2.12. The van der Waals surface area contributed by atoms with Gasteiger partial charge in [0.25, 0.3) is 5.91 Å². The normalized spacial score (nSPS) is 23.8. The van der Waals surface area contributed by atoms with Gasteiger partial charge in [-0.2, -0.15) is 0 Å². The molecule has 1 aromatic carbocycles. The second kappa shape index (κ2) is 6.83. The van der Waals surface area contributed by atoms with E-state index in [1.807, 2.05) is 31.2 Å². The number of carbonyl (C=O) groups excluding carboxylic acids is 2. The van der Waals surface area contributed by atoms with Gasteiger partial charge in [0.15, 0.2) is 6.17 Å². The summed E-state index contributed by atoms with van der Waals surface area (Å²) in [4.78, 5) is 27.1. The molecule has 3 atom stereocenters. The van der Waals surface area contributed by atoms with Gasteiger partial charge in [0, 0.05) is 14.1 Å². The highest BCUT2D eigenvalue weighted by Crippen LogP contribution is 2.20. The van der Waals surface area contributed by atoms with E-state index in [0.29, 0.717) is 5.75 Å². The first kappa shape index (κ1) is 18.0. The molecule has 140 valence electrons. The number of rotatable bonds is 5. The number of imide groups is 1. The van der Waals surface area contributed by atoms with Crippen LogP contribution < -0.4 is 15.8 Å². The Morgan fingerprint density at radius 2 is 2.12 bits per heavy atom. The molecule has 1 saturated heterocycles. The van der Waals surface area contributed by atoms with Crippen LogP contribution in [-0.4, -0.2) is 82.9 Å². The SMILES string of the molecule is Cc1cccc(OC[C@@H](O)C[N+]2=C(N)N[C@@H]3[C@@H]2C(=O)N(C)C(=O)N3C)c1. The number of benzene rings is 1. The minimum absolute atomic E-state index is 0.0589. The number of nitrogens with one attached hydrogen (secondary N) is 1. The maximum absolute atomic E-state index is 12.5. The molecule has 4 N–H and O–H groups in total. The lowest BCUT2D eigenvalue weighted by Crippen LogP contribution is -2.65. The van der Waals surface area contributed by atoms with Crippen molar-refractivity contribution in [3.63, 3.8) is 0 Å². The highest BCUT2D eigenvalue weighted by Gasteiger charge is 2.53. The van der Waals surface area contributed by atoms with Crippen molar-refractivity contribution < 1.29 is 24.0 Å². The Morgan fingerprint density at radius 1 is 1.38 bits per heavy atom. The number of nitrogens with two attached hydrogens (primary N) is 1. The van der Waals surface area contributed by atoms with E-state index in [4.69, 9.17) is 10.5 Å². The van der Waals surface area contributed by atoms with Crippen LogP contribution >= 0.6 is 0 Å². The van der Waals surface area contributed by atoms with E-state index in [2.05, 4.69) is 5.32 Å². The summed E-state index contributed by atoms with van der Waals surface area (Å²) in [5.74, 6) is 0.549. The molecule has 3 rings (SSSR count). The second-order valence-electron chi connectivity index (χ2n) is 6.64. The molecule has 1 fully saturated rings. The first-order valence-corrected chi connectivity index (χ1v) is 8.37. The number of nitrogens with zero attached hydrogens (tertiary/aromatic N) is 3. The second-order valence-corrected chi connectivity index (χ2v) is 6.64. The molecule has 9 heteroatoms. The number of aliphatic hydroxyl groups excluding tert-OH is 1. The number of guanidine groups is 1. The van der Waals surface area contributed by atoms with Crippen LogP contribution in [0, 0.1) is 6.92 Å². The summed E-state index contributed by atoms with van der Waals surface area (Å²) in [5.41, 5.74) is 7.06. The summed E-state index contributed by atoms with van der Waals surface area (Å²) in [6.07, 6.45) is -1.42. The van der Waals surface area contributed by atoms with E-state index in [-0.39, 0.29) is 25.0 Å². The highest BCUT2D eigenvalue weighted by atomic mass is 16.5. The van der Waals surface area contributed by atoms with Gasteiger partial charge in [-0.3, -0.25) is 25.6 Å². The zero-order chi connectivity index (χ0) is 19.0. The van der Waals surface area contributed by atoms with Crippen LogP contribution in [0.25, 0.3) is 0 Å². The largest absolute Gasteiger partial charge is 0.491 e. The van der Waals surface area contributed by atoms with Crippen molar-refractivity contribution in [1.82, 2.24) is 15.1 Å². The van der Waals surface area contributed by atoms with Crippen LogP contribution in [0.5, 0.6) is 5.75 Å². The van der Waals surface area contributed by atoms with Crippen molar-refractivity contribution in [1.29, 1.82) is 0 Å². The number of β-amino-alcohol motifs (C(OH)–C–C–N with tert-alkyl or cyclic N) is 1. The first-order chi connectivity index (χ1) is 12.3. The number of aliphatic hydroxyl groups is 1. The fourth-order valence-electron chi connectivity index (χ4n) is 3.25. The molecule has 9 nitrogen and oxygen atoms in total. The fourth-order valence-corrected chi connectivity index (χ4v) is 3.25. The summed E-state index contributed by atoms with van der Waals surface area (Å²) in [5, 5.41) is 13.3. The highest BCUT2D eigenvalue weighted by molar-refractivity contribution is 6.00. The number of urea groups is 1. The van der Waals surface area contributed by atoms with Crippen molar-refractivity contribution >= 4 is 17.9 Å². The van der Waals surface area contributed by atoms with Crippen LogP contribution in [0.2, 0.25) is 0 Å². The molecule has 0 saturated carbocycles. The Bertz CT molecular complexity index is 765. The first-order valence-electron chi connectivity index (χ1n) is 8.37. The van der Waals surface area contributed by atoms with E-state index < -0.39 is 24.3 Å².